The molecule has 1 aliphatic rings. The minimum Gasteiger partial charge on any atom is -0.390 e. The zero-order valence-electron chi connectivity index (χ0n) is 8.40. The zero-order valence-corrected chi connectivity index (χ0v) is 8.40. The molecular formula is C10H17F3O. The van der Waals surface area contributed by atoms with Gasteiger partial charge in [-0.15, -0.1) is 0 Å². The molecule has 1 fully saturated rings. The predicted octanol–water partition coefficient (Wildman–Crippen LogP) is 3.27. The number of hydrogen-bond donors (Lipinski definition) is 1. The first kappa shape index (κ1) is 11.8. The van der Waals surface area contributed by atoms with Crippen molar-refractivity contribution >= 4 is 0 Å². The van der Waals surface area contributed by atoms with Gasteiger partial charge in [-0.3, -0.25) is 0 Å². The Morgan fingerprint density at radius 3 is 2.21 bits per heavy atom. The topological polar surface area (TPSA) is 20.2 Å². The van der Waals surface area contributed by atoms with Gasteiger partial charge in [0.15, 0.2) is 0 Å². The van der Waals surface area contributed by atoms with E-state index in [2.05, 4.69) is 6.92 Å². The van der Waals surface area contributed by atoms with Crippen LogP contribution in [0.1, 0.15) is 45.4 Å². The van der Waals surface area contributed by atoms with Gasteiger partial charge in [0.05, 0.1) is 5.60 Å². The number of rotatable bonds is 2. The van der Waals surface area contributed by atoms with Gasteiger partial charge < -0.3 is 5.11 Å². The summed E-state index contributed by atoms with van der Waals surface area (Å²) < 4.78 is 35.8. The molecule has 0 saturated heterocycles. The van der Waals surface area contributed by atoms with E-state index in [9.17, 15) is 18.3 Å². The molecule has 0 aromatic carbocycles. The lowest BCUT2D eigenvalue weighted by atomic mass is 9.77. The largest absolute Gasteiger partial charge is 0.390 e. The number of hydrogen-bond acceptors (Lipinski definition) is 1. The molecule has 0 atom stereocenters. The fourth-order valence-electron chi connectivity index (χ4n) is 1.92. The molecule has 1 aliphatic carbocycles. The van der Waals surface area contributed by atoms with Crippen LogP contribution in [0.2, 0.25) is 0 Å². The third kappa shape index (κ3) is 3.86. The van der Waals surface area contributed by atoms with Crippen LogP contribution in [0.15, 0.2) is 0 Å². The number of aliphatic hydroxyl groups is 1. The van der Waals surface area contributed by atoms with Crippen LogP contribution in [0.5, 0.6) is 0 Å². The summed E-state index contributed by atoms with van der Waals surface area (Å²) >= 11 is 0. The van der Waals surface area contributed by atoms with Gasteiger partial charge >= 0.3 is 6.18 Å². The molecule has 1 N–H and O–H groups in total. The van der Waals surface area contributed by atoms with E-state index in [1.807, 2.05) is 0 Å². The molecule has 1 saturated carbocycles. The van der Waals surface area contributed by atoms with Gasteiger partial charge in [0.1, 0.15) is 0 Å². The normalized spacial score (nSPS) is 34.5. The summed E-state index contributed by atoms with van der Waals surface area (Å²) in [7, 11) is 0. The highest BCUT2D eigenvalue weighted by Crippen LogP contribution is 2.37. The van der Waals surface area contributed by atoms with Gasteiger partial charge in [-0.25, -0.2) is 0 Å². The Bertz CT molecular complexity index is 180. The lowest BCUT2D eigenvalue weighted by Gasteiger charge is -2.35. The van der Waals surface area contributed by atoms with Crippen LogP contribution in [-0.2, 0) is 0 Å². The molecule has 0 amide bonds. The number of alkyl halides is 3. The molecule has 14 heavy (non-hydrogen) atoms. The second-order valence-corrected chi connectivity index (χ2v) is 4.52. The van der Waals surface area contributed by atoms with Crippen molar-refractivity contribution in [1.29, 1.82) is 0 Å². The van der Waals surface area contributed by atoms with Crippen molar-refractivity contribution in [2.75, 3.05) is 0 Å². The quantitative estimate of drug-likeness (QED) is 0.741. The Morgan fingerprint density at radius 1 is 1.29 bits per heavy atom. The first-order valence-corrected chi connectivity index (χ1v) is 5.10. The van der Waals surface area contributed by atoms with E-state index >= 15 is 0 Å². The zero-order chi connectivity index (χ0) is 10.8. The highest BCUT2D eigenvalue weighted by atomic mass is 19.4. The standard InChI is InChI=1S/C10H17F3O/c1-8-2-4-9(14,5-3-8)6-7-10(11,12)13/h8,14H,2-7H2,1H3. The van der Waals surface area contributed by atoms with Gasteiger partial charge in [0.2, 0.25) is 0 Å². The molecule has 1 nitrogen and oxygen atoms in total. The fraction of sp³-hybridized carbons (Fsp3) is 1.00. The summed E-state index contributed by atoms with van der Waals surface area (Å²) in [5, 5.41) is 9.85. The van der Waals surface area contributed by atoms with Crippen molar-refractivity contribution in [3.8, 4) is 0 Å². The second kappa shape index (κ2) is 4.09. The second-order valence-electron chi connectivity index (χ2n) is 4.52. The molecule has 0 radical (unpaired) electrons. The van der Waals surface area contributed by atoms with Crippen molar-refractivity contribution in [2.45, 2.75) is 57.2 Å². The first-order chi connectivity index (χ1) is 6.31. The highest BCUT2D eigenvalue weighted by Gasteiger charge is 2.36. The lowest BCUT2D eigenvalue weighted by Crippen LogP contribution is -2.34. The number of halogens is 3. The Hall–Kier alpha value is -0.250. The molecule has 0 aromatic heterocycles. The summed E-state index contributed by atoms with van der Waals surface area (Å²) in [6.07, 6.45) is -2.42. The van der Waals surface area contributed by atoms with E-state index in [1.54, 1.807) is 0 Å². The van der Waals surface area contributed by atoms with Crippen molar-refractivity contribution in [2.24, 2.45) is 5.92 Å². The fourth-order valence-corrected chi connectivity index (χ4v) is 1.92. The van der Waals surface area contributed by atoms with Gasteiger partial charge in [-0.05, 0) is 38.0 Å². The monoisotopic (exact) mass is 210 g/mol. The molecule has 0 aliphatic heterocycles. The summed E-state index contributed by atoms with van der Waals surface area (Å²) in [4.78, 5) is 0. The van der Waals surface area contributed by atoms with Gasteiger partial charge in [0.25, 0.3) is 0 Å². The molecule has 0 bridgehead atoms. The smallest absolute Gasteiger partial charge is 0.389 e. The van der Waals surface area contributed by atoms with E-state index in [1.165, 1.54) is 0 Å². The van der Waals surface area contributed by atoms with Crippen molar-refractivity contribution in [3.63, 3.8) is 0 Å². The van der Waals surface area contributed by atoms with E-state index < -0.39 is 18.2 Å². The Kier molecular flexibility index (Phi) is 3.45. The molecule has 1 rings (SSSR count). The molecule has 84 valence electrons. The Labute approximate surface area is 82.3 Å². The van der Waals surface area contributed by atoms with Crippen LogP contribution in [0.4, 0.5) is 13.2 Å². The maximum absolute atomic E-state index is 11.9. The summed E-state index contributed by atoms with van der Waals surface area (Å²) in [5.41, 5.74) is -1.05. The van der Waals surface area contributed by atoms with Crippen molar-refractivity contribution in [3.05, 3.63) is 0 Å². The Morgan fingerprint density at radius 2 is 1.79 bits per heavy atom. The molecule has 0 spiro atoms. The Balaban J connectivity index is 2.36. The SMILES string of the molecule is CC1CCC(O)(CCC(F)(F)F)CC1. The molecule has 0 heterocycles. The molecule has 4 heteroatoms. The van der Waals surface area contributed by atoms with Crippen LogP contribution >= 0.6 is 0 Å². The van der Waals surface area contributed by atoms with E-state index in [-0.39, 0.29) is 6.42 Å². The van der Waals surface area contributed by atoms with Gasteiger partial charge in [-0.1, -0.05) is 6.92 Å². The maximum Gasteiger partial charge on any atom is 0.389 e. The summed E-state index contributed by atoms with van der Waals surface area (Å²) in [5.74, 6) is 0.543. The van der Waals surface area contributed by atoms with Gasteiger partial charge in [-0.2, -0.15) is 13.2 Å². The molecule has 0 aromatic rings. The van der Waals surface area contributed by atoms with Crippen LogP contribution in [0, 0.1) is 5.92 Å². The van der Waals surface area contributed by atoms with Crippen LogP contribution in [-0.4, -0.2) is 16.9 Å². The molecule has 0 unspecified atom stereocenters. The van der Waals surface area contributed by atoms with E-state index in [4.69, 9.17) is 0 Å². The maximum atomic E-state index is 11.9. The first-order valence-electron chi connectivity index (χ1n) is 5.10. The third-order valence-electron chi connectivity index (χ3n) is 3.08. The van der Waals surface area contributed by atoms with Gasteiger partial charge in [0, 0.05) is 6.42 Å². The minimum absolute atomic E-state index is 0.136. The average molecular weight is 210 g/mol. The van der Waals surface area contributed by atoms with Crippen LogP contribution in [0.25, 0.3) is 0 Å². The summed E-state index contributed by atoms with van der Waals surface area (Å²) in [6, 6.07) is 0. The van der Waals surface area contributed by atoms with Crippen molar-refractivity contribution < 1.29 is 18.3 Å². The lowest BCUT2D eigenvalue weighted by molar-refractivity contribution is -0.150. The molecular weight excluding hydrogens is 193 g/mol. The van der Waals surface area contributed by atoms with E-state index in [0.717, 1.165) is 12.8 Å². The minimum atomic E-state index is -4.14. The third-order valence-corrected chi connectivity index (χ3v) is 3.08. The van der Waals surface area contributed by atoms with Crippen molar-refractivity contribution in [1.82, 2.24) is 0 Å². The van der Waals surface area contributed by atoms with E-state index in [0.29, 0.717) is 18.8 Å². The highest BCUT2D eigenvalue weighted by molar-refractivity contribution is 4.84. The van der Waals surface area contributed by atoms with Crippen LogP contribution < -0.4 is 0 Å². The summed E-state index contributed by atoms with van der Waals surface area (Å²) in [6.45, 7) is 2.07. The predicted molar refractivity (Wildman–Crippen MR) is 47.9 cm³/mol. The average Bonchev–Trinajstić information content (AvgIpc) is 2.07. The van der Waals surface area contributed by atoms with Crippen LogP contribution in [0.3, 0.4) is 0 Å².